The molecule has 4 heterocycles. The average Bonchev–Trinajstić information content (AvgIpc) is 3.59. The third-order valence-electron chi connectivity index (χ3n) is 6.49. The number of hydrogen-bond acceptors (Lipinski definition) is 9. The Morgan fingerprint density at radius 1 is 1.00 bits per heavy atom. The highest BCUT2D eigenvalue weighted by Gasteiger charge is 2.24. The van der Waals surface area contributed by atoms with Gasteiger partial charge in [-0.15, -0.1) is 0 Å². The van der Waals surface area contributed by atoms with E-state index in [1.54, 1.807) is 65.6 Å². The highest BCUT2D eigenvalue weighted by atomic mass is 35.5. The Balaban J connectivity index is 1.31. The van der Waals surface area contributed by atoms with E-state index in [0.717, 1.165) is 15.1 Å². The zero-order chi connectivity index (χ0) is 29.4. The maximum absolute atomic E-state index is 13.6. The predicted molar refractivity (Wildman–Crippen MR) is 157 cm³/mol. The van der Waals surface area contributed by atoms with Gasteiger partial charge in [-0.1, -0.05) is 41.4 Å². The van der Waals surface area contributed by atoms with Crippen molar-refractivity contribution >= 4 is 50.0 Å². The molecule has 4 aromatic heterocycles. The summed E-state index contributed by atoms with van der Waals surface area (Å²) in [5.74, 6) is 0.218. The molecule has 0 spiro atoms. The molecular formula is C28H21ClN8O4S. The van der Waals surface area contributed by atoms with Gasteiger partial charge in [0, 0.05) is 41.7 Å². The molecule has 6 aromatic rings. The minimum Gasteiger partial charge on any atom is -0.321 e. The van der Waals surface area contributed by atoms with E-state index in [2.05, 4.69) is 25.4 Å². The summed E-state index contributed by atoms with van der Waals surface area (Å²) in [6.45, 7) is 2.28. The molecule has 0 amide bonds. The summed E-state index contributed by atoms with van der Waals surface area (Å²) in [6, 6.07) is 16.3. The fraction of sp³-hybridized carbons (Fsp3) is 0.0714. The number of hydrogen-bond donors (Lipinski definition) is 1. The second-order valence-electron chi connectivity index (χ2n) is 9.40. The lowest BCUT2D eigenvalue weighted by atomic mass is 10.1. The number of pyridine rings is 1. The van der Waals surface area contributed by atoms with Crippen molar-refractivity contribution in [2.24, 2.45) is 0 Å². The van der Waals surface area contributed by atoms with Crippen molar-refractivity contribution in [1.82, 2.24) is 28.7 Å². The van der Waals surface area contributed by atoms with Crippen LogP contribution in [-0.4, -0.2) is 42.0 Å². The van der Waals surface area contributed by atoms with Crippen LogP contribution in [0.2, 0.25) is 5.02 Å². The van der Waals surface area contributed by atoms with E-state index in [9.17, 15) is 18.5 Å². The average molecular weight is 601 g/mol. The smallest absolute Gasteiger partial charge is 0.269 e. The molecule has 0 fully saturated rings. The number of benzene rings is 2. The van der Waals surface area contributed by atoms with Crippen LogP contribution in [0.3, 0.4) is 0 Å². The molecule has 0 radical (unpaired) electrons. The van der Waals surface area contributed by atoms with Crippen molar-refractivity contribution in [3.05, 3.63) is 118 Å². The van der Waals surface area contributed by atoms with Crippen LogP contribution in [0.1, 0.15) is 11.1 Å². The summed E-state index contributed by atoms with van der Waals surface area (Å²) in [6.07, 6.45) is 7.75. The molecule has 12 nitrogen and oxygen atoms in total. The zero-order valence-corrected chi connectivity index (χ0v) is 23.5. The Bertz CT molecular complexity index is 2060. The summed E-state index contributed by atoms with van der Waals surface area (Å²) in [4.78, 5) is 23.8. The predicted octanol–water partition coefficient (Wildman–Crippen LogP) is 5.59. The second-order valence-corrected chi connectivity index (χ2v) is 11.6. The minimum absolute atomic E-state index is 0.0175. The number of halogens is 1. The standard InChI is InChI=1S/C28H21ClN8O4S/c1-18-4-10-22(11-5-18)42(40,41)36-17-24(23-3-2-12-30-27(23)36)26-25(29)14-31-28(34-26)33-20-13-32-35(16-20)15-19-6-8-21(9-7-19)37(38)39/h2-14,16-17H,15H2,1H3,(H,31,33,34). The van der Waals surface area contributed by atoms with E-state index in [-0.39, 0.29) is 27.2 Å². The lowest BCUT2D eigenvalue weighted by molar-refractivity contribution is -0.384. The van der Waals surface area contributed by atoms with Crippen molar-refractivity contribution in [3.8, 4) is 11.3 Å². The molecule has 0 atom stereocenters. The highest BCUT2D eigenvalue weighted by molar-refractivity contribution is 7.90. The first kappa shape index (κ1) is 27.1. The van der Waals surface area contributed by atoms with Crippen molar-refractivity contribution in [2.75, 3.05) is 5.32 Å². The number of non-ortho nitro benzene ring substituents is 1. The number of aryl methyl sites for hydroxylation is 1. The summed E-state index contributed by atoms with van der Waals surface area (Å²) >= 11 is 6.53. The molecule has 0 bridgehead atoms. The molecule has 210 valence electrons. The Kier molecular flexibility index (Phi) is 6.88. The molecule has 6 rings (SSSR count). The summed E-state index contributed by atoms with van der Waals surface area (Å²) in [5, 5.41) is 19.1. The number of fused-ring (bicyclic) bond motifs is 1. The minimum atomic E-state index is -3.96. The monoisotopic (exact) mass is 600 g/mol. The normalized spacial score (nSPS) is 11.6. The number of nitrogens with one attached hydrogen (secondary N) is 1. The third kappa shape index (κ3) is 5.18. The van der Waals surface area contributed by atoms with Gasteiger partial charge in [0.15, 0.2) is 5.65 Å². The Morgan fingerprint density at radius 2 is 1.76 bits per heavy atom. The van der Waals surface area contributed by atoms with Gasteiger partial charge < -0.3 is 5.32 Å². The van der Waals surface area contributed by atoms with Gasteiger partial charge in [0.25, 0.3) is 15.7 Å². The maximum Gasteiger partial charge on any atom is 0.269 e. The lowest BCUT2D eigenvalue weighted by Crippen LogP contribution is -2.12. The van der Waals surface area contributed by atoms with Crippen molar-refractivity contribution in [2.45, 2.75) is 18.4 Å². The van der Waals surface area contributed by atoms with Gasteiger partial charge in [-0.05, 0) is 36.8 Å². The van der Waals surface area contributed by atoms with Crippen LogP contribution in [-0.2, 0) is 16.6 Å². The van der Waals surface area contributed by atoms with Crippen LogP contribution in [0, 0.1) is 17.0 Å². The van der Waals surface area contributed by atoms with E-state index >= 15 is 0 Å². The summed E-state index contributed by atoms with van der Waals surface area (Å²) < 4.78 is 30.0. The van der Waals surface area contributed by atoms with Crippen LogP contribution in [0.15, 0.2) is 96.5 Å². The molecule has 0 unspecified atom stereocenters. The molecule has 2 aromatic carbocycles. The quantitative estimate of drug-likeness (QED) is 0.174. The molecule has 0 saturated carbocycles. The fourth-order valence-corrected chi connectivity index (χ4v) is 5.91. The molecular weight excluding hydrogens is 580 g/mol. The van der Waals surface area contributed by atoms with Crippen LogP contribution in [0.25, 0.3) is 22.3 Å². The molecule has 1 N–H and O–H groups in total. The van der Waals surface area contributed by atoms with Gasteiger partial charge >= 0.3 is 0 Å². The molecule has 0 saturated heterocycles. The summed E-state index contributed by atoms with van der Waals surface area (Å²) in [7, 11) is -3.96. The Morgan fingerprint density at radius 3 is 2.50 bits per heavy atom. The summed E-state index contributed by atoms with van der Waals surface area (Å²) in [5.41, 5.74) is 3.42. The lowest BCUT2D eigenvalue weighted by Gasteiger charge is -2.07. The highest BCUT2D eigenvalue weighted by Crippen LogP contribution is 2.35. The topological polar surface area (TPSA) is 151 Å². The van der Waals surface area contributed by atoms with Gasteiger partial charge in [-0.2, -0.15) is 5.10 Å². The zero-order valence-electron chi connectivity index (χ0n) is 21.9. The number of nitro groups is 1. The van der Waals surface area contributed by atoms with E-state index in [4.69, 9.17) is 11.6 Å². The van der Waals surface area contributed by atoms with Crippen molar-refractivity contribution in [3.63, 3.8) is 0 Å². The van der Waals surface area contributed by atoms with Gasteiger partial charge in [0.05, 0.1) is 45.2 Å². The molecule has 0 aliphatic carbocycles. The van der Waals surface area contributed by atoms with Crippen molar-refractivity contribution in [1.29, 1.82) is 0 Å². The number of anilines is 2. The van der Waals surface area contributed by atoms with E-state index in [1.165, 1.54) is 30.7 Å². The molecule has 0 aliphatic rings. The van der Waals surface area contributed by atoms with Gasteiger partial charge in [-0.3, -0.25) is 14.8 Å². The first-order valence-electron chi connectivity index (χ1n) is 12.5. The Labute approximate surface area is 244 Å². The number of aromatic nitrogens is 6. The van der Waals surface area contributed by atoms with Crippen LogP contribution < -0.4 is 5.32 Å². The van der Waals surface area contributed by atoms with E-state index < -0.39 is 14.9 Å². The van der Waals surface area contributed by atoms with E-state index in [1.807, 2.05) is 6.92 Å². The molecule has 42 heavy (non-hydrogen) atoms. The number of nitro benzene ring substituents is 1. The second kappa shape index (κ2) is 10.7. The van der Waals surface area contributed by atoms with Crippen LogP contribution in [0.4, 0.5) is 17.3 Å². The fourth-order valence-electron chi connectivity index (χ4n) is 4.40. The van der Waals surface area contributed by atoms with E-state index in [0.29, 0.717) is 28.9 Å². The van der Waals surface area contributed by atoms with Crippen molar-refractivity contribution < 1.29 is 13.3 Å². The Hall–Kier alpha value is -5.14. The molecule has 0 aliphatic heterocycles. The van der Waals surface area contributed by atoms with Gasteiger partial charge in [0.2, 0.25) is 5.95 Å². The van der Waals surface area contributed by atoms with Gasteiger partial charge in [-0.25, -0.2) is 27.3 Å². The number of rotatable bonds is 8. The largest absolute Gasteiger partial charge is 0.321 e. The van der Waals surface area contributed by atoms with Crippen LogP contribution >= 0.6 is 11.6 Å². The first-order chi connectivity index (χ1) is 20.2. The number of nitrogens with zero attached hydrogens (tertiary/aromatic N) is 7. The molecule has 14 heteroatoms. The first-order valence-corrected chi connectivity index (χ1v) is 14.3. The SMILES string of the molecule is Cc1ccc(S(=O)(=O)n2cc(-c3nc(Nc4cnn(Cc5ccc([N+](=O)[O-])cc5)c4)ncc3Cl)c3cccnc32)cc1. The van der Waals surface area contributed by atoms with Gasteiger partial charge in [0.1, 0.15) is 0 Å². The maximum atomic E-state index is 13.6. The van der Waals surface area contributed by atoms with Crippen LogP contribution in [0.5, 0.6) is 0 Å². The third-order valence-corrected chi connectivity index (χ3v) is 8.43.